The van der Waals surface area contributed by atoms with Crippen LogP contribution in [0.2, 0.25) is 0 Å². The van der Waals surface area contributed by atoms with E-state index in [1.807, 2.05) is 24.3 Å². The quantitative estimate of drug-likeness (QED) is 0.352. The van der Waals surface area contributed by atoms with Gasteiger partial charge in [-0.3, -0.25) is 0 Å². The summed E-state index contributed by atoms with van der Waals surface area (Å²) in [6.07, 6.45) is 5.23. The zero-order valence-electron chi connectivity index (χ0n) is 14.3. The molecule has 0 saturated heterocycles. The second kappa shape index (κ2) is 10.1. The highest BCUT2D eigenvalue weighted by Gasteiger charge is 2.34. The van der Waals surface area contributed by atoms with Crippen molar-refractivity contribution in [3.8, 4) is 0 Å². The average Bonchev–Trinajstić information content (AvgIpc) is 2.52. The molecule has 5 heteroatoms. The Morgan fingerprint density at radius 1 is 1.17 bits per heavy atom. The van der Waals surface area contributed by atoms with Crippen LogP contribution < -0.4 is 10.6 Å². The van der Waals surface area contributed by atoms with Crippen LogP contribution in [0.4, 0.5) is 0 Å². The van der Waals surface area contributed by atoms with Crippen LogP contribution in [0.25, 0.3) is 0 Å². The number of guanidine groups is 1. The van der Waals surface area contributed by atoms with Crippen molar-refractivity contribution in [3.05, 3.63) is 35.4 Å². The van der Waals surface area contributed by atoms with Crippen LogP contribution >= 0.6 is 24.0 Å². The van der Waals surface area contributed by atoms with Crippen LogP contribution in [-0.4, -0.2) is 24.2 Å². The van der Waals surface area contributed by atoms with Crippen LogP contribution in [0.15, 0.2) is 29.3 Å². The molecule has 4 nitrogen and oxygen atoms in total. The molecule has 0 aromatic heterocycles. The minimum absolute atomic E-state index is 0. The van der Waals surface area contributed by atoms with Gasteiger partial charge >= 0.3 is 0 Å². The molecule has 0 heterocycles. The Bertz CT molecular complexity index is 495. The lowest BCUT2D eigenvalue weighted by molar-refractivity contribution is 0.131. The van der Waals surface area contributed by atoms with Crippen LogP contribution in [-0.2, 0) is 13.2 Å². The summed E-state index contributed by atoms with van der Waals surface area (Å²) in [5, 5.41) is 16.2. The number of aliphatic hydroxyl groups excluding tert-OH is 1. The van der Waals surface area contributed by atoms with E-state index >= 15 is 0 Å². The number of nitrogens with one attached hydrogen (secondary N) is 2. The monoisotopic (exact) mass is 431 g/mol. The zero-order chi connectivity index (χ0) is 15.8. The fourth-order valence-corrected chi connectivity index (χ4v) is 2.98. The summed E-state index contributed by atoms with van der Waals surface area (Å²) in [5.41, 5.74) is 2.50. The zero-order valence-corrected chi connectivity index (χ0v) is 16.6. The van der Waals surface area contributed by atoms with Gasteiger partial charge in [0.05, 0.1) is 13.2 Å². The first-order chi connectivity index (χ1) is 10.7. The van der Waals surface area contributed by atoms with Crippen LogP contribution in [0.1, 0.15) is 50.7 Å². The second-order valence-electron chi connectivity index (χ2n) is 6.18. The number of nitrogens with zero attached hydrogens (tertiary/aromatic N) is 1. The third-order valence-electron chi connectivity index (χ3n) is 4.84. The topological polar surface area (TPSA) is 56.7 Å². The molecule has 0 radical (unpaired) electrons. The maximum atomic E-state index is 9.39. The molecule has 0 aliphatic heterocycles. The van der Waals surface area contributed by atoms with E-state index in [-0.39, 0.29) is 30.6 Å². The van der Waals surface area contributed by atoms with Gasteiger partial charge in [0.1, 0.15) is 0 Å². The maximum Gasteiger partial charge on any atom is 0.191 e. The van der Waals surface area contributed by atoms with E-state index in [4.69, 9.17) is 0 Å². The van der Waals surface area contributed by atoms with Crippen molar-refractivity contribution in [3.63, 3.8) is 0 Å². The summed E-state index contributed by atoms with van der Waals surface area (Å²) in [6.45, 7) is 6.86. The van der Waals surface area contributed by atoms with Crippen LogP contribution in [0.5, 0.6) is 0 Å². The van der Waals surface area contributed by atoms with E-state index < -0.39 is 0 Å². The fourth-order valence-electron chi connectivity index (χ4n) is 2.98. The van der Waals surface area contributed by atoms with E-state index in [1.165, 1.54) is 25.7 Å². The van der Waals surface area contributed by atoms with Gasteiger partial charge in [0.25, 0.3) is 0 Å². The Hall–Kier alpha value is -0.820. The average molecular weight is 431 g/mol. The predicted molar refractivity (Wildman–Crippen MR) is 107 cm³/mol. The maximum absolute atomic E-state index is 9.39. The Morgan fingerprint density at radius 3 is 2.39 bits per heavy atom. The van der Waals surface area contributed by atoms with Gasteiger partial charge in [-0.1, -0.05) is 37.6 Å². The van der Waals surface area contributed by atoms with Crippen molar-refractivity contribution in [1.82, 2.24) is 10.6 Å². The first-order valence-electron chi connectivity index (χ1n) is 8.43. The molecule has 1 aliphatic carbocycles. The third-order valence-corrected chi connectivity index (χ3v) is 4.84. The molecular formula is C18H30IN3O. The standard InChI is InChI=1S/C18H29N3O.HI/c1-3-18(10-7-11-18)14-21-17(19-4-2)20-12-15-8-5-6-9-16(15)13-22;/h5-6,8-9,22H,3-4,7,10-14H2,1-2H3,(H2,19,20,21);1H. The highest BCUT2D eigenvalue weighted by molar-refractivity contribution is 14.0. The number of benzene rings is 1. The van der Waals surface area contributed by atoms with Crippen LogP contribution in [0, 0.1) is 5.41 Å². The Morgan fingerprint density at radius 2 is 1.87 bits per heavy atom. The molecule has 0 amide bonds. The summed E-state index contributed by atoms with van der Waals surface area (Å²) in [6, 6.07) is 7.92. The SMILES string of the molecule is CCNC(=NCc1ccccc1CO)NCC1(CC)CCC1.I. The van der Waals surface area contributed by atoms with E-state index in [1.54, 1.807) is 0 Å². The largest absolute Gasteiger partial charge is 0.392 e. The second-order valence-corrected chi connectivity index (χ2v) is 6.18. The smallest absolute Gasteiger partial charge is 0.191 e. The summed E-state index contributed by atoms with van der Waals surface area (Å²) >= 11 is 0. The molecule has 0 unspecified atom stereocenters. The molecule has 0 bridgehead atoms. The molecule has 3 N–H and O–H groups in total. The van der Waals surface area contributed by atoms with Gasteiger partial charge in [-0.05, 0) is 42.7 Å². The molecule has 1 aromatic rings. The summed E-state index contributed by atoms with van der Waals surface area (Å²) in [4.78, 5) is 4.67. The van der Waals surface area contributed by atoms with Crippen LogP contribution in [0.3, 0.4) is 0 Å². The van der Waals surface area contributed by atoms with Crippen molar-refractivity contribution in [2.24, 2.45) is 10.4 Å². The van der Waals surface area contributed by atoms with Crippen molar-refractivity contribution in [1.29, 1.82) is 0 Å². The lowest BCUT2D eigenvalue weighted by atomic mass is 9.67. The van der Waals surface area contributed by atoms with E-state index in [0.29, 0.717) is 12.0 Å². The van der Waals surface area contributed by atoms with Gasteiger partial charge in [0.15, 0.2) is 5.96 Å². The molecular weight excluding hydrogens is 401 g/mol. The van der Waals surface area contributed by atoms with Gasteiger partial charge < -0.3 is 15.7 Å². The molecule has 1 aliphatic rings. The molecule has 23 heavy (non-hydrogen) atoms. The number of hydrogen-bond donors (Lipinski definition) is 3. The Kier molecular flexibility index (Phi) is 8.91. The van der Waals surface area contributed by atoms with Crippen molar-refractivity contribution in [2.45, 2.75) is 52.7 Å². The minimum Gasteiger partial charge on any atom is -0.392 e. The van der Waals surface area contributed by atoms with Gasteiger partial charge in [-0.25, -0.2) is 4.99 Å². The van der Waals surface area contributed by atoms with Gasteiger partial charge in [-0.2, -0.15) is 0 Å². The summed E-state index contributed by atoms with van der Waals surface area (Å²) in [7, 11) is 0. The van der Waals surface area contributed by atoms with Crippen molar-refractivity contribution in [2.75, 3.05) is 13.1 Å². The highest BCUT2D eigenvalue weighted by Crippen LogP contribution is 2.42. The molecule has 0 spiro atoms. The van der Waals surface area contributed by atoms with Crippen molar-refractivity contribution < 1.29 is 5.11 Å². The van der Waals surface area contributed by atoms with Crippen molar-refractivity contribution >= 4 is 29.9 Å². The number of hydrogen-bond acceptors (Lipinski definition) is 2. The van der Waals surface area contributed by atoms with E-state index in [0.717, 1.165) is 30.2 Å². The first kappa shape index (κ1) is 20.2. The van der Waals surface area contributed by atoms with Gasteiger partial charge in [0.2, 0.25) is 0 Å². The first-order valence-corrected chi connectivity index (χ1v) is 8.43. The summed E-state index contributed by atoms with van der Waals surface area (Å²) < 4.78 is 0. The normalized spacial score (nSPS) is 16.2. The van der Waals surface area contributed by atoms with Gasteiger partial charge in [0, 0.05) is 13.1 Å². The predicted octanol–water partition coefficient (Wildman–Crippen LogP) is 3.43. The molecule has 130 valence electrons. The number of rotatable bonds is 7. The van der Waals surface area contributed by atoms with E-state index in [2.05, 4.69) is 29.5 Å². The molecule has 1 fully saturated rings. The molecule has 2 rings (SSSR count). The minimum atomic E-state index is 0. The lowest BCUT2D eigenvalue weighted by Gasteiger charge is -2.41. The molecule has 0 atom stereocenters. The fraction of sp³-hybridized carbons (Fsp3) is 0.611. The molecule has 1 aromatic carbocycles. The number of aliphatic hydroxyl groups is 1. The highest BCUT2D eigenvalue weighted by atomic mass is 127. The summed E-state index contributed by atoms with van der Waals surface area (Å²) in [5.74, 6) is 0.870. The Balaban J connectivity index is 0.00000264. The third kappa shape index (κ3) is 5.64. The van der Waals surface area contributed by atoms with E-state index in [9.17, 15) is 5.11 Å². The molecule has 1 saturated carbocycles. The number of aliphatic imine (C=N–C) groups is 1. The van der Waals surface area contributed by atoms with Gasteiger partial charge in [-0.15, -0.1) is 24.0 Å². The number of halogens is 1. The lowest BCUT2D eigenvalue weighted by Crippen LogP contribution is -2.46. The Labute approximate surface area is 157 Å².